The number of nitrogens with zero attached hydrogens (tertiary/aromatic N) is 2. The molecule has 0 radical (unpaired) electrons. The minimum atomic E-state index is -4.33. The number of methoxy groups -OCH3 is 1. The Morgan fingerprint density at radius 2 is 1.97 bits per heavy atom. The summed E-state index contributed by atoms with van der Waals surface area (Å²) in [5.74, 6) is -0.0519. The van der Waals surface area contributed by atoms with Gasteiger partial charge in [-0.05, 0) is 55.1 Å². The van der Waals surface area contributed by atoms with E-state index in [1.54, 1.807) is 0 Å². The van der Waals surface area contributed by atoms with Crippen LogP contribution in [0.3, 0.4) is 0 Å². The summed E-state index contributed by atoms with van der Waals surface area (Å²) < 4.78 is 56.3. The molecule has 0 N–H and O–H groups in total. The Labute approximate surface area is 214 Å². The zero-order chi connectivity index (χ0) is 25.2. The van der Waals surface area contributed by atoms with E-state index in [1.807, 2.05) is 12.1 Å². The van der Waals surface area contributed by atoms with Gasteiger partial charge in [-0.25, -0.2) is 17.1 Å². The molecule has 2 aromatic carbocycles. The molecule has 2 aliphatic carbocycles. The Morgan fingerprint density at radius 1 is 1.23 bits per heavy atom. The summed E-state index contributed by atoms with van der Waals surface area (Å²) in [4.78, 5) is -0.477. The van der Waals surface area contributed by atoms with Gasteiger partial charge in [0.15, 0.2) is 16.5 Å². The van der Waals surface area contributed by atoms with E-state index in [0.717, 1.165) is 34.5 Å². The summed E-state index contributed by atoms with van der Waals surface area (Å²) in [6.45, 7) is 6.71. The van der Waals surface area contributed by atoms with Crippen molar-refractivity contribution >= 4 is 39.8 Å². The summed E-state index contributed by atoms with van der Waals surface area (Å²) in [5, 5.41) is 4.31. The van der Waals surface area contributed by atoms with Crippen LogP contribution >= 0.6 is 15.9 Å². The molecule has 0 aliphatic heterocycles. The number of aromatic nitrogens is 1. The molecule has 1 spiro atoms. The molecule has 0 amide bonds. The molecule has 2 aliphatic rings. The van der Waals surface area contributed by atoms with Crippen molar-refractivity contribution in [3.05, 3.63) is 57.8 Å². The van der Waals surface area contributed by atoms with E-state index in [4.69, 9.17) is 9.26 Å². The van der Waals surface area contributed by atoms with Gasteiger partial charge in [-0.1, -0.05) is 52.9 Å². The Balaban J connectivity index is 1.69. The largest absolute Gasteiger partial charge is 0.495 e. The number of anilines is 1. The van der Waals surface area contributed by atoms with Crippen LogP contribution in [0.4, 0.5) is 10.2 Å². The first-order chi connectivity index (χ1) is 16.5. The molecular formula is C25H28BrFN2O4SSi. The van der Waals surface area contributed by atoms with E-state index in [9.17, 15) is 12.8 Å². The first kappa shape index (κ1) is 24.5. The minimum Gasteiger partial charge on any atom is -0.495 e. The summed E-state index contributed by atoms with van der Waals surface area (Å²) in [6, 6.07) is 10.8. The number of benzene rings is 2. The predicted molar refractivity (Wildman–Crippen MR) is 140 cm³/mol. The molecule has 5 rings (SSSR count). The number of ether oxygens (including phenoxy) is 1. The molecule has 3 aromatic rings. The van der Waals surface area contributed by atoms with E-state index in [1.165, 1.54) is 29.1 Å². The third-order valence-electron chi connectivity index (χ3n) is 6.93. The normalized spacial score (nSPS) is 16.1. The van der Waals surface area contributed by atoms with E-state index >= 15 is 0 Å². The topological polar surface area (TPSA) is 72.6 Å². The second-order valence-corrected chi connectivity index (χ2v) is 19.0. The lowest BCUT2D eigenvalue weighted by molar-refractivity contribution is 0.394. The van der Waals surface area contributed by atoms with E-state index in [2.05, 4.69) is 46.8 Å². The maximum atomic E-state index is 15.0. The highest BCUT2D eigenvalue weighted by atomic mass is 79.9. The van der Waals surface area contributed by atoms with Crippen molar-refractivity contribution in [1.82, 2.24) is 5.16 Å². The van der Waals surface area contributed by atoms with Gasteiger partial charge in [-0.2, -0.15) is 0 Å². The fourth-order valence-corrected chi connectivity index (χ4v) is 7.91. The SMILES string of the molecule is COc1cccc(F)c1S(=O)(=O)N(CC[Si](C)(C)C)c1noc2c1CC1(CC1)c1ccc(Br)cc1-2. The van der Waals surface area contributed by atoms with Gasteiger partial charge >= 0.3 is 0 Å². The van der Waals surface area contributed by atoms with Gasteiger partial charge < -0.3 is 9.26 Å². The number of hydrogen-bond donors (Lipinski definition) is 0. The molecule has 10 heteroatoms. The minimum absolute atomic E-state index is 0.0340. The lowest BCUT2D eigenvalue weighted by atomic mass is 9.79. The molecule has 1 saturated carbocycles. The standard InChI is InChI=1S/C25H28BrFN2O4SSi/c1-32-21-7-5-6-20(27)23(21)34(30,31)29(12-13-35(2,3)4)24-18-15-25(10-11-25)19-9-8-16(26)14-17(19)22(18)33-28-24/h5-9,14H,10-13,15H2,1-4H3. The third-order valence-corrected chi connectivity index (χ3v) is 11.0. The Hall–Kier alpha value is -2.17. The zero-order valence-electron chi connectivity index (χ0n) is 20.2. The lowest BCUT2D eigenvalue weighted by Gasteiger charge is -2.29. The van der Waals surface area contributed by atoms with Gasteiger partial charge in [0, 0.05) is 35.6 Å². The number of fused-ring (bicyclic) bond motifs is 4. The second-order valence-electron chi connectivity index (χ2n) is 10.6. The number of rotatable bonds is 7. The summed E-state index contributed by atoms with van der Waals surface area (Å²) in [6.07, 6.45) is 2.69. The molecule has 1 fully saturated rings. The summed E-state index contributed by atoms with van der Waals surface area (Å²) >= 11 is 3.55. The van der Waals surface area contributed by atoms with Crippen molar-refractivity contribution in [3.63, 3.8) is 0 Å². The molecule has 0 bridgehead atoms. The van der Waals surface area contributed by atoms with Gasteiger partial charge in [-0.3, -0.25) is 0 Å². The smallest absolute Gasteiger partial charge is 0.272 e. The molecule has 35 heavy (non-hydrogen) atoms. The maximum absolute atomic E-state index is 15.0. The number of hydrogen-bond acceptors (Lipinski definition) is 5. The van der Waals surface area contributed by atoms with Crippen LogP contribution in [0.25, 0.3) is 11.3 Å². The predicted octanol–water partition coefficient (Wildman–Crippen LogP) is 6.37. The quantitative estimate of drug-likeness (QED) is 0.304. The van der Waals surface area contributed by atoms with E-state index in [0.29, 0.717) is 18.2 Å². The molecule has 186 valence electrons. The van der Waals surface area contributed by atoms with Crippen LogP contribution in [0.5, 0.6) is 5.75 Å². The average Bonchev–Trinajstić information content (AvgIpc) is 3.43. The highest BCUT2D eigenvalue weighted by Gasteiger charge is 2.51. The number of sulfonamides is 1. The van der Waals surface area contributed by atoms with Crippen molar-refractivity contribution in [2.45, 2.75) is 55.3 Å². The van der Waals surface area contributed by atoms with Crippen LogP contribution in [0.2, 0.25) is 25.7 Å². The fraction of sp³-hybridized carbons (Fsp3) is 0.400. The molecule has 0 saturated heterocycles. The van der Waals surface area contributed by atoms with Crippen LogP contribution in [0.1, 0.15) is 24.0 Å². The Bertz CT molecular complexity index is 1410. The van der Waals surface area contributed by atoms with Gasteiger partial charge in [0.25, 0.3) is 10.0 Å². The molecule has 6 nitrogen and oxygen atoms in total. The first-order valence-corrected chi connectivity index (χ1v) is 17.6. The van der Waals surface area contributed by atoms with Crippen molar-refractivity contribution < 1.29 is 22.1 Å². The van der Waals surface area contributed by atoms with E-state index < -0.39 is 28.8 Å². The van der Waals surface area contributed by atoms with Crippen LogP contribution < -0.4 is 9.04 Å². The van der Waals surface area contributed by atoms with Gasteiger partial charge in [0.2, 0.25) is 0 Å². The monoisotopic (exact) mass is 578 g/mol. The average molecular weight is 580 g/mol. The van der Waals surface area contributed by atoms with Gasteiger partial charge in [0.1, 0.15) is 11.6 Å². The summed E-state index contributed by atoms with van der Waals surface area (Å²) in [7, 11) is -4.65. The van der Waals surface area contributed by atoms with Crippen molar-refractivity contribution in [3.8, 4) is 17.1 Å². The number of halogens is 2. The highest BCUT2D eigenvalue weighted by molar-refractivity contribution is 9.10. The van der Waals surface area contributed by atoms with Crippen LogP contribution in [-0.2, 0) is 21.9 Å². The molecule has 1 heterocycles. The maximum Gasteiger partial charge on any atom is 0.272 e. The van der Waals surface area contributed by atoms with Gasteiger partial charge in [0.05, 0.1) is 7.11 Å². The fourth-order valence-electron chi connectivity index (χ4n) is 4.85. The Kier molecular flexibility index (Phi) is 5.92. The molecule has 0 unspecified atom stereocenters. The Morgan fingerprint density at radius 3 is 2.63 bits per heavy atom. The van der Waals surface area contributed by atoms with Crippen LogP contribution in [-0.4, -0.2) is 35.3 Å². The van der Waals surface area contributed by atoms with Crippen LogP contribution in [0, 0.1) is 5.82 Å². The molecule has 0 atom stereocenters. The molecular weight excluding hydrogens is 551 g/mol. The molecule has 1 aromatic heterocycles. The van der Waals surface area contributed by atoms with Gasteiger partial charge in [-0.15, -0.1) is 0 Å². The second kappa shape index (κ2) is 8.45. The highest BCUT2D eigenvalue weighted by Crippen LogP contribution is 2.59. The van der Waals surface area contributed by atoms with Crippen molar-refractivity contribution in [2.75, 3.05) is 18.0 Å². The van der Waals surface area contributed by atoms with E-state index in [-0.39, 0.29) is 23.5 Å². The first-order valence-electron chi connectivity index (χ1n) is 11.6. The van der Waals surface area contributed by atoms with Crippen molar-refractivity contribution in [2.24, 2.45) is 0 Å². The van der Waals surface area contributed by atoms with Crippen molar-refractivity contribution in [1.29, 1.82) is 0 Å². The third kappa shape index (κ3) is 4.23. The lowest BCUT2D eigenvalue weighted by Crippen LogP contribution is -2.37. The zero-order valence-corrected chi connectivity index (χ0v) is 23.6. The van der Waals surface area contributed by atoms with Crippen LogP contribution in [0.15, 0.2) is 50.3 Å². The summed E-state index contributed by atoms with van der Waals surface area (Å²) in [5.41, 5.74) is 2.88.